The van der Waals surface area contributed by atoms with Gasteiger partial charge in [-0.2, -0.15) is 0 Å². The molecule has 1 saturated heterocycles. The van der Waals surface area contributed by atoms with E-state index in [-0.39, 0.29) is 11.4 Å². The van der Waals surface area contributed by atoms with Crippen LogP contribution in [0.1, 0.15) is 29.5 Å². The van der Waals surface area contributed by atoms with Gasteiger partial charge in [0.1, 0.15) is 17.1 Å². The molecule has 2 heterocycles. The zero-order valence-corrected chi connectivity index (χ0v) is 16.9. The summed E-state index contributed by atoms with van der Waals surface area (Å²) in [4.78, 5) is 14.3. The number of piperidine rings is 1. The summed E-state index contributed by atoms with van der Waals surface area (Å²) >= 11 is 0. The molecule has 1 atom stereocenters. The lowest BCUT2D eigenvalue weighted by atomic mass is 9.98. The Bertz CT molecular complexity index is 1080. The topological polar surface area (TPSA) is 42.7 Å². The van der Waals surface area contributed by atoms with Crippen LogP contribution < -0.4 is 10.4 Å². The highest BCUT2D eigenvalue weighted by Gasteiger charge is 2.21. The molecule has 1 aliphatic rings. The molecule has 0 saturated carbocycles. The normalized spacial score (nSPS) is 17.6. The van der Waals surface area contributed by atoms with Crippen LogP contribution >= 0.6 is 0 Å². The van der Waals surface area contributed by atoms with Gasteiger partial charge in [-0.15, -0.1) is 0 Å². The number of nitrogens with zero attached hydrogens (tertiary/aromatic N) is 1. The molecule has 4 rings (SSSR count). The van der Waals surface area contributed by atoms with Crippen LogP contribution in [0.15, 0.2) is 51.7 Å². The van der Waals surface area contributed by atoms with E-state index in [4.69, 9.17) is 9.15 Å². The van der Waals surface area contributed by atoms with E-state index in [0.717, 1.165) is 49.0 Å². The molecule has 152 valence electrons. The Labute approximate surface area is 169 Å². The fraction of sp³-hybridized carbons (Fsp3) is 0.375. The van der Waals surface area contributed by atoms with Crippen LogP contribution in [0.4, 0.5) is 4.39 Å². The molecular weight excluding hydrogens is 369 g/mol. The Kier molecular flexibility index (Phi) is 5.67. The Morgan fingerprint density at radius 1 is 1.17 bits per heavy atom. The second kappa shape index (κ2) is 8.37. The van der Waals surface area contributed by atoms with Crippen LogP contribution in [0.25, 0.3) is 11.0 Å². The van der Waals surface area contributed by atoms with Gasteiger partial charge in [0, 0.05) is 36.0 Å². The molecule has 1 unspecified atom stereocenters. The minimum Gasteiger partial charge on any atom is -0.493 e. The highest BCUT2D eigenvalue weighted by Crippen LogP contribution is 2.25. The van der Waals surface area contributed by atoms with Crippen LogP contribution in [0.5, 0.6) is 5.75 Å². The van der Waals surface area contributed by atoms with Gasteiger partial charge >= 0.3 is 5.63 Å². The van der Waals surface area contributed by atoms with Crippen LogP contribution in [0.3, 0.4) is 0 Å². The van der Waals surface area contributed by atoms with Crippen molar-refractivity contribution in [1.82, 2.24) is 4.90 Å². The lowest BCUT2D eigenvalue weighted by Crippen LogP contribution is -2.37. The Morgan fingerprint density at radius 2 is 2.03 bits per heavy atom. The predicted molar refractivity (Wildman–Crippen MR) is 112 cm³/mol. The molecule has 29 heavy (non-hydrogen) atoms. The highest BCUT2D eigenvalue weighted by molar-refractivity contribution is 5.82. The van der Waals surface area contributed by atoms with Gasteiger partial charge in [-0.05, 0) is 68.6 Å². The Hall–Kier alpha value is -2.66. The SMILES string of the molecule is Cc1c(C)c2ccc(OCC3CCCN(Cc4cccc(F)c4)C3)cc2oc1=O. The fourth-order valence-corrected chi connectivity index (χ4v) is 4.06. The molecule has 0 spiro atoms. The van der Waals surface area contributed by atoms with Gasteiger partial charge in [-0.1, -0.05) is 12.1 Å². The summed E-state index contributed by atoms with van der Waals surface area (Å²) in [5, 5.41) is 0.938. The number of likely N-dealkylation sites (tertiary alicyclic amines) is 1. The summed E-state index contributed by atoms with van der Waals surface area (Å²) in [7, 11) is 0. The molecular formula is C24H26FNO3. The first kappa shape index (κ1) is 19.6. The van der Waals surface area contributed by atoms with Gasteiger partial charge in [0.2, 0.25) is 0 Å². The summed E-state index contributed by atoms with van der Waals surface area (Å²) < 4.78 is 24.9. The van der Waals surface area contributed by atoms with Crippen molar-refractivity contribution in [1.29, 1.82) is 0 Å². The van der Waals surface area contributed by atoms with Crippen LogP contribution in [0, 0.1) is 25.6 Å². The van der Waals surface area contributed by atoms with Gasteiger partial charge < -0.3 is 9.15 Å². The average molecular weight is 395 g/mol. The molecule has 5 heteroatoms. The molecule has 4 nitrogen and oxygen atoms in total. The smallest absolute Gasteiger partial charge is 0.339 e. The first-order valence-corrected chi connectivity index (χ1v) is 10.1. The van der Waals surface area contributed by atoms with E-state index in [1.54, 1.807) is 25.1 Å². The highest BCUT2D eigenvalue weighted by atomic mass is 19.1. The van der Waals surface area contributed by atoms with Crippen LogP contribution in [0.2, 0.25) is 0 Å². The zero-order chi connectivity index (χ0) is 20.4. The van der Waals surface area contributed by atoms with Gasteiger partial charge in [0.15, 0.2) is 0 Å². The van der Waals surface area contributed by atoms with Crippen LogP contribution in [-0.2, 0) is 6.54 Å². The molecule has 0 N–H and O–H groups in total. The van der Waals surface area contributed by atoms with Crippen molar-refractivity contribution in [3.63, 3.8) is 0 Å². The molecule has 3 aromatic rings. The van der Waals surface area contributed by atoms with Crippen molar-refractivity contribution in [2.75, 3.05) is 19.7 Å². The summed E-state index contributed by atoms with van der Waals surface area (Å²) in [6.45, 7) is 7.03. The maximum atomic E-state index is 13.4. The van der Waals surface area contributed by atoms with Gasteiger partial charge in [-0.3, -0.25) is 4.90 Å². The monoisotopic (exact) mass is 395 g/mol. The minimum absolute atomic E-state index is 0.187. The predicted octanol–water partition coefficient (Wildman–Crippen LogP) is 4.84. The maximum absolute atomic E-state index is 13.4. The number of ether oxygens (including phenoxy) is 1. The van der Waals surface area contributed by atoms with Gasteiger partial charge in [-0.25, -0.2) is 9.18 Å². The fourth-order valence-electron chi connectivity index (χ4n) is 4.06. The van der Waals surface area contributed by atoms with Crippen molar-refractivity contribution in [3.05, 3.63) is 75.4 Å². The van der Waals surface area contributed by atoms with E-state index in [1.165, 1.54) is 6.07 Å². The maximum Gasteiger partial charge on any atom is 0.339 e. The van der Waals surface area contributed by atoms with E-state index in [2.05, 4.69) is 4.90 Å². The molecule has 1 fully saturated rings. The van der Waals surface area contributed by atoms with E-state index in [9.17, 15) is 9.18 Å². The van der Waals surface area contributed by atoms with Crippen molar-refractivity contribution >= 4 is 11.0 Å². The summed E-state index contributed by atoms with van der Waals surface area (Å²) in [5.74, 6) is 0.943. The number of hydrogen-bond acceptors (Lipinski definition) is 4. The standard InChI is InChI=1S/C24H26FNO3/c1-16-17(2)24(27)29-23-12-21(8-9-22(16)23)28-15-19-6-4-10-26(14-19)13-18-5-3-7-20(25)11-18/h3,5,7-9,11-12,19H,4,6,10,13-15H2,1-2H3. The van der Waals surface area contributed by atoms with E-state index in [1.807, 2.05) is 25.1 Å². The van der Waals surface area contributed by atoms with Gasteiger partial charge in [0.05, 0.1) is 6.61 Å². The second-order valence-corrected chi connectivity index (χ2v) is 7.98. The second-order valence-electron chi connectivity index (χ2n) is 7.98. The largest absolute Gasteiger partial charge is 0.493 e. The van der Waals surface area contributed by atoms with Crippen LogP contribution in [-0.4, -0.2) is 24.6 Å². The number of halogens is 1. The van der Waals surface area contributed by atoms with E-state index in [0.29, 0.717) is 29.4 Å². The number of benzene rings is 2. The third kappa shape index (κ3) is 4.51. The average Bonchev–Trinajstić information content (AvgIpc) is 2.71. The summed E-state index contributed by atoms with van der Waals surface area (Å²) in [6.07, 6.45) is 2.22. The third-order valence-electron chi connectivity index (χ3n) is 5.81. The number of rotatable bonds is 5. The van der Waals surface area contributed by atoms with E-state index >= 15 is 0 Å². The van der Waals surface area contributed by atoms with Gasteiger partial charge in [0.25, 0.3) is 0 Å². The van der Waals surface area contributed by atoms with Crippen molar-refractivity contribution in [2.24, 2.45) is 5.92 Å². The first-order valence-electron chi connectivity index (χ1n) is 10.1. The lowest BCUT2D eigenvalue weighted by Gasteiger charge is -2.32. The quantitative estimate of drug-likeness (QED) is 0.580. The number of hydrogen-bond donors (Lipinski definition) is 0. The number of fused-ring (bicyclic) bond motifs is 1. The molecule has 0 radical (unpaired) electrons. The third-order valence-corrected chi connectivity index (χ3v) is 5.81. The zero-order valence-electron chi connectivity index (χ0n) is 16.9. The molecule has 0 amide bonds. The molecule has 1 aromatic heterocycles. The first-order chi connectivity index (χ1) is 14.0. The van der Waals surface area contributed by atoms with Crippen molar-refractivity contribution in [3.8, 4) is 5.75 Å². The molecule has 0 aliphatic carbocycles. The molecule has 1 aliphatic heterocycles. The summed E-state index contributed by atoms with van der Waals surface area (Å²) in [6, 6.07) is 12.5. The molecule has 0 bridgehead atoms. The Balaban J connectivity index is 1.39. The Morgan fingerprint density at radius 3 is 2.86 bits per heavy atom. The van der Waals surface area contributed by atoms with Crippen molar-refractivity contribution < 1.29 is 13.5 Å². The molecule has 2 aromatic carbocycles. The lowest BCUT2D eigenvalue weighted by molar-refractivity contribution is 0.125. The summed E-state index contributed by atoms with van der Waals surface area (Å²) in [5.41, 5.74) is 2.86. The van der Waals surface area contributed by atoms with Crippen molar-refractivity contribution in [2.45, 2.75) is 33.2 Å². The number of aryl methyl sites for hydroxylation is 1. The van der Waals surface area contributed by atoms with E-state index < -0.39 is 0 Å². The minimum atomic E-state index is -0.299.